The Bertz CT molecular complexity index is 950. The van der Waals surface area contributed by atoms with Crippen molar-refractivity contribution in [1.82, 2.24) is 15.2 Å². The highest BCUT2D eigenvalue weighted by Gasteiger charge is 2.43. The summed E-state index contributed by atoms with van der Waals surface area (Å²) in [6.07, 6.45) is 8.13. The van der Waals surface area contributed by atoms with Crippen molar-refractivity contribution in [1.29, 1.82) is 0 Å². The summed E-state index contributed by atoms with van der Waals surface area (Å²) < 4.78 is 5.50. The molecule has 0 aliphatic carbocycles. The lowest BCUT2D eigenvalue weighted by Crippen LogP contribution is -2.51. The summed E-state index contributed by atoms with van der Waals surface area (Å²) in [6, 6.07) is 9.63. The molecule has 1 aromatic carbocycles. The number of amides is 1. The number of pyridine rings is 1. The fraction of sp³-hybridized carbons (Fsp3) is 0.520. The fourth-order valence-electron chi connectivity index (χ4n) is 5.60. The summed E-state index contributed by atoms with van der Waals surface area (Å²) in [4.78, 5) is 20.0. The molecule has 1 amide bonds. The molecule has 0 spiro atoms. The highest BCUT2D eigenvalue weighted by Crippen LogP contribution is 2.43. The molecule has 2 aliphatic heterocycles. The lowest BCUT2D eigenvalue weighted by Gasteiger charge is -2.43. The quantitative estimate of drug-likeness (QED) is 0.648. The number of fused-ring (bicyclic) bond motifs is 2. The summed E-state index contributed by atoms with van der Waals surface area (Å²) in [5.41, 5.74) is 4.62. The van der Waals surface area contributed by atoms with Crippen LogP contribution in [0.15, 0.2) is 35.5 Å². The van der Waals surface area contributed by atoms with E-state index in [1.807, 2.05) is 18.4 Å². The Morgan fingerprint density at radius 1 is 1.19 bits per heavy atom. The fourth-order valence-corrected chi connectivity index (χ4v) is 6.15. The number of thioether (sulfide) groups is 1. The van der Waals surface area contributed by atoms with Crippen LogP contribution in [0.5, 0.6) is 5.75 Å². The number of methoxy groups -OCH3 is 1. The topological polar surface area (TPSA) is 54.5 Å². The van der Waals surface area contributed by atoms with Crippen LogP contribution in [0.1, 0.15) is 65.7 Å². The van der Waals surface area contributed by atoms with Gasteiger partial charge in [0.1, 0.15) is 10.8 Å². The van der Waals surface area contributed by atoms with Crippen LogP contribution in [-0.4, -0.2) is 47.3 Å². The summed E-state index contributed by atoms with van der Waals surface area (Å²) in [5, 5.41) is 4.10. The molecule has 0 radical (unpaired) electrons. The number of nitrogens with zero attached hydrogens (tertiary/aromatic N) is 2. The maximum Gasteiger partial charge on any atom is 0.254 e. The van der Waals surface area contributed by atoms with Gasteiger partial charge in [-0.15, -0.1) is 11.8 Å². The SMILES string of the molecule is COc1ccc(C(C)N2C3CCC2CC(NC(=O)c2cccnc2SC)C3)c(C)c1C. The third-order valence-electron chi connectivity index (χ3n) is 7.23. The Morgan fingerprint density at radius 2 is 1.90 bits per heavy atom. The molecule has 3 unspecified atom stereocenters. The van der Waals surface area contributed by atoms with E-state index in [4.69, 9.17) is 4.74 Å². The summed E-state index contributed by atoms with van der Waals surface area (Å²) in [7, 11) is 1.73. The molecule has 2 saturated heterocycles. The molecule has 4 rings (SSSR count). The van der Waals surface area contributed by atoms with Gasteiger partial charge in [-0.3, -0.25) is 9.69 Å². The third-order valence-corrected chi connectivity index (χ3v) is 7.94. The number of aromatic nitrogens is 1. The second-order valence-electron chi connectivity index (χ2n) is 8.82. The van der Waals surface area contributed by atoms with Crippen LogP contribution in [0, 0.1) is 13.8 Å². The van der Waals surface area contributed by atoms with Gasteiger partial charge in [0.05, 0.1) is 12.7 Å². The van der Waals surface area contributed by atoms with Crippen molar-refractivity contribution in [2.24, 2.45) is 0 Å². The maximum atomic E-state index is 12.9. The predicted octanol–water partition coefficient (Wildman–Crippen LogP) is 4.92. The number of carbonyl (C=O) groups excluding carboxylic acids is 1. The van der Waals surface area contributed by atoms with Crippen molar-refractivity contribution in [3.05, 3.63) is 52.7 Å². The molecule has 6 heteroatoms. The number of piperidine rings is 1. The molecule has 2 aliphatic rings. The van der Waals surface area contributed by atoms with Crippen molar-refractivity contribution in [2.75, 3.05) is 13.4 Å². The van der Waals surface area contributed by atoms with E-state index in [2.05, 4.69) is 48.1 Å². The summed E-state index contributed by atoms with van der Waals surface area (Å²) in [5.74, 6) is 0.961. The van der Waals surface area contributed by atoms with E-state index in [1.165, 1.54) is 41.3 Å². The molecule has 3 atom stereocenters. The molecule has 5 nitrogen and oxygen atoms in total. The van der Waals surface area contributed by atoms with Gasteiger partial charge in [-0.1, -0.05) is 6.07 Å². The van der Waals surface area contributed by atoms with Gasteiger partial charge >= 0.3 is 0 Å². The number of nitrogens with one attached hydrogen (secondary N) is 1. The third kappa shape index (κ3) is 4.20. The average molecular weight is 440 g/mol. The smallest absolute Gasteiger partial charge is 0.254 e. The maximum absolute atomic E-state index is 12.9. The molecular weight excluding hydrogens is 406 g/mol. The first-order valence-corrected chi connectivity index (χ1v) is 12.4. The van der Waals surface area contributed by atoms with Crippen LogP contribution in [0.3, 0.4) is 0 Å². The minimum atomic E-state index is 0.00460. The zero-order chi connectivity index (χ0) is 22.1. The van der Waals surface area contributed by atoms with Gasteiger partial charge in [-0.2, -0.15) is 0 Å². The van der Waals surface area contributed by atoms with E-state index < -0.39 is 0 Å². The van der Waals surface area contributed by atoms with Crippen LogP contribution in [0.2, 0.25) is 0 Å². The summed E-state index contributed by atoms with van der Waals surface area (Å²) in [6.45, 7) is 6.68. The van der Waals surface area contributed by atoms with Gasteiger partial charge in [-0.05, 0) is 87.6 Å². The molecule has 2 aromatic rings. The van der Waals surface area contributed by atoms with Gasteiger partial charge in [-0.25, -0.2) is 4.98 Å². The second-order valence-corrected chi connectivity index (χ2v) is 9.61. The molecule has 3 heterocycles. The number of benzene rings is 1. The Balaban J connectivity index is 1.47. The van der Waals surface area contributed by atoms with Crippen LogP contribution in [0.4, 0.5) is 0 Å². The number of carbonyl (C=O) groups is 1. The standard InChI is InChI=1S/C25H33N3O2S/c1-15-16(2)23(30-4)11-10-21(15)17(3)28-19-8-9-20(28)14-18(13-19)27-24(29)22-7-6-12-26-25(22)31-5/h6-7,10-12,17-20H,8-9,13-14H2,1-5H3,(H,27,29). The summed E-state index contributed by atoms with van der Waals surface area (Å²) >= 11 is 1.52. The van der Waals surface area contributed by atoms with Gasteiger partial charge in [0.25, 0.3) is 5.91 Å². The molecule has 1 aromatic heterocycles. The van der Waals surface area contributed by atoms with Crippen LogP contribution >= 0.6 is 11.8 Å². The molecule has 1 N–H and O–H groups in total. The van der Waals surface area contributed by atoms with Crippen molar-refractivity contribution >= 4 is 17.7 Å². The first kappa shape index (κ1) is 22.2. The van der Waals surface area contributed by atoms with Gasteiger partial charge in [0, 0.05) is 30.4 Å². The molecule has 31 heavy (non-hydrogen) atoms. The monoisotopic (exact) mass is 439 g/mol. The van der Waals surface area contributed by atoms with Crippen molar-refractivity contribution < 1.29 is 9.53 Å². The molecular formula is C25H33N3O2S. The lowest BCUT2D eigenvalue weighted by atomic mass is 9.91. The molecule has 2 fully saturated rings. The Kier molecular flexibility index (Phi) is 6.58. The van der Waals surface area contributed by atoms with Crippen LogP contribution in [0.25, 0.3) is 0 Å². The van der Waals surface area contributed by atoms with Gasteiger partial charge < -0.3 is 10.1 Å². The zero-order valence-corrected chi connectivity index (χ0v) is 20.0. The van der Waals surface area contributed by atoms with E-state index in [0.717, 1.165) is 23.6 Å². The molecule has 2 bridgehead atoms. The Labute approximate surface area is 190 Å². The minimum Gasteiger partial charge on any atom is -0.496 e. The van der Waals surface area contributed by atoms with Crippen molar-refractivity contribution in [3.8, 4) is 5.75 Å². The number of hydrogen-bond donors (Lipinski definition) is 1. The normalized spacial score (nSPS) is 24.1. The lowest BCUT2D eigenvalue weighted by molar-refractivity contribution is 0.0687. The molecule has 166 valence electrons. The van der Waals surface area contributed by atoms with E-state index in [0.29, 0.717) is 23.7 Å². The van der Waals surface area contributed by atoms with Crippen LogP contribution < -0.4 is 10.1 Å². The first-order chi connectivity index (χ1) is 14.9. The highest BCUT2D eigenvalue weighted by atomic mass is 32.2. The van der Waals surface area contributed by atoms with E-state index >= 15 is 0 Å². The highest BCUT2D eigenvalue weighted by molar-refractivity contribution is 7.98. The Morgan fingerprint density at radius 3 is 2.55 bits per heavy atom. The number of rotatable bonds is 6. The first-order valence-electron chi connectivity index (χ1n) is 11.2. The van der Waals surface area contributed by atoms with E-state index in [-0.39, 0.29) is 11.9 Å². The zero-order valence-electron chi connectivity index (χ0n) is 19.1. The van der Waals surface area contributed by atoms with Gasteiger partial charge in [0.15, 0.2) is 0 Å². The predicted molar refractivity (Wildman–Crippen MR) is 126 cm³/mol. The average Bonchev–Trinajstić information content (AvgIpc) is 3.05. The second kappa shape index (κ2) is 9.21. The largest absolute Gasteiger partial charge is 0.496 e. The Hall–Kier alpha value is -2.05. The van der Waals surface area contributed by atoms with Crippen molar-refractivity contribution in [3.63, 3.8) is 0 Å². The van der Waals surface area contributed by atoms with Crippen LogP contribution in [-0.2, 0) is 0 Å². The number of ether oxygens (including phenoxy) is 1. The van der Waals surface area contributed by atoms with E-state index in [1.54, 1.807) is 13.3 Å². The number of hydrogen-bond acceptors (Lipinski definition) is 5. The van der Waals surface area contributed by atoms with Crippen molar-refractivity contribution in [2.45, 2.75) is 75.6 Å². The van der Waals surface area contributed by atoms with E-state index in [9.17, 15) is 4.79 Å². The van der Waals surface area contributed by atoms with Gasteiger partial charge in [0.2, 0.25) is 0 Å². The minimum absolute atomic E-state index is 0.00460. The molecule has 0 saturated carbocycles.